The van der Waals surface area contributed by atoms with Gasteiger partial charge in [-0.1, -0.05) is 38.3 Å². The van der Waals surface area contributed by atoms with Crippen LogP contribution in [-0.2, 0) is 13.1 Å². The van der Waals surface area contributed by atoms with Crippen LogP contribution >= 0.6 is 0 Å². The second-order valence-corrected chi connectivity index (χ2v) is 10.1. The van der Waals surface area contributed by atoms with E-state index in [-0.39, 0.29) is 11.6 Å². The summed E-state index contributed by atoms with van der Waals surface area (Å²) in [5.74, 6) is 0.886. The molecule has 0 spiro atoms. The van der Waals surface area contributed by atoms with Crippen molar-refractivity contribution in [2.24, 2.45) is 0 Å². The summed E-state index contributed by atoms with van der Waals surface area (Å²) in [4.78, 5) is 23.0. The van der Waals surface area contributed by atoms with Crippen molar-refractivity contribution in [2.45, 2.75) is 84.5 Å². The SMILES string of the molecule is CC[C@H](c1nnnn1C1CCCCC1)N(Cc1cccnc1)Cc1cc2c(C)cc(C)cc2[nH]c1=O. The van der Waals surface area contributed by atoms with E-state index in [2.05, 4.69) is 74.0 Å². The van der Waals surface area contributed by atoms with E-state index >= 15 is 0 Å². The second kappa shape index (κ2) is 10.7. The molecular formula is C28H35N7O. The fourth-order valence-corrected chi connectivity index (χ4v) is 5.66. The first-order valence-corrected chi connectivity index (χ1v) is 13.1. The van der Waals surface area contributed by atoms with Gasteiger partial charge in [-0.25, -0.2) is 4.68 Å². The van der Waals surface area contributed by atoms with Crippen LogP contribution in [-0.4, -0.2) is 35.1 Å². The van der Waals surface area contributed by atoms with Crippen LogP contribution in [0, 0.1) is 13.8 Å². The highest BCUT2D eigenvalue weighted by Gasteiger charge is 2.29. The zero-order valence-electron chi connectivity index (χ0n) is 21.4. The summed E-state index contributed by atoms with van der Waals surface area (Å²) in [7, 11) is 0. The van der Waals surface area contributed by atoms with Gasteiger partial charge >= 0.3 is 0 Å². The molecule has 36 heavy (non-hydrogen) atoms. The summed E-state index contributed by atoms with van der Waals surface area (Å²) >= 11 is 0. The Morgan fingerprint density at radius 2 is 1.97 bits per heavy atom. The van der Waals surface area contributed by atoms with Crippen molar-refractivity contribution < 1.29 is 0 Å². The molecule has 0 amide bonds. The third kappa shape index (κ3) is 5.09. The molecule has 1 aliphatic rings. The van der Waals surface area contributed by atoms with Gasteiger partial charge in [-0.15, -0.1) is 5.10 Å². The minimum Gasteiger partial charge on any atom is -0.322 e. The summed E-state index contributed by atoms with van der Waals surface area (Å²) in [5, 5.41) is 14.1. The Kier molecular flexibility index (Phi) is 7.23. The number of rotatable bonds is 8. The molecule has 1 aromatic carbocycles. The maximum absolute atomic E-state index is 13.2. The molecule has 1 aliphatic carbocycles. The van der Waals surface area contributed by atoms with Crippen molar-refractivity contribution in [3.05, 3.63) is 81.2 Å². The van der Waals surface area contributed by atoms with Crippen LogP contribution < -0.4 is 5.56 Å². The summed E-state index contributed by atoms with van der Waals surface area (Å²) < 4.78 is 2.06. The Morgan fingerprint density at radius 3 is 2.72 bits per heavy atom. The van der Waals surface area contributed by atoms with Crippen LogP contribution in [0.1, 0.15) is 85.6 Å². The van der Waals surface area contributed by atoms with E-state index in [1.54, 1.807) is 6.20 Å². The number of hydrogen-bond acceptors (Lipinski definition) is 6. The summed E-state index contributed by atoms with van der Waals surface area (Å²) in [6.07, 6.45) is 10.4. The molecule has 0 bridgehead atoms. The van der Waals surface area contributed by atoms with Gasteiger partial charge in [0.2, 0.25) is 0 Å². The molecule has 188 valence electrons. The van der Waals surface area contributed by atoms with Crippen molar-refractivity contribution in [1.82, 2.24) is 35.1 Å². The lowest BCUT2D eigenvalue weighted by molar-refractivity contribution is 0.155. The highest BCUT2D eigenvalue weighted by atomic mass is 16.1. The lowest BCUT2D eigenvalue weighted by Crippen LogP contribution is -2.33. The molecule has 3 heterocycles. The first-order chi connectivity index (χ1) is 17.5. The molecule has 0 aliphatic heterocycles. The van der Waals surface area contributed by atoms with Gasteiger partial charge in [0.1, 0.15) is 0 Å². The molecule has 3 aromatic heterocycles. The van der Waals surface area contributed by atoms with Gasteiger partial charge in [0.25, 0.3) is 5.56 Å². The van der Waals surface area contributed by atoms with E-state index in [1.807, 2.05) is 18.3 Å². The fourth-order valence-electron chi connectivity index (χ4n) is 5.66. The minimum atomic E-state index is -0.0505. The van der Waals surface area contributed by atoms with Crippen LogP contribution in [0.4, 0.5) is 0 Å². The van der Waals surface area contributed by atoms with Crippen LogP contribution in [0.5, 0.6) is 0 Å². The number of pyridine rings is 2. The lowest BCUT2D eigenvalue weighted by Gasteiger charge is -2.32. The van der Waals surface area contributed by atoms with E-state index in [0.717, 1.165) is 58.2 Å². The molecule has 0 radical (unpaired) electrons. The first-order valence-electron chi connectivity index (χ1n) is 13.1. The normalized spacial score (nSPS) is 15.6. The van der Waals surface area contributed by atoms with Crippen molar-refractivity contribution in [2.75, 3.05) is 0 Å². The van der Waals surface area contributed by atoms with E-state index in [0.29, 0.717) is 19.1 Å². The number of nitrogens with one attached hydrogen (secondary N) is 1. The number of aromatic amines is 1. The van der Waals surface area contributed by atoms with Gasteiger partial charge in [-0.2, -0.15) is 0 Å². The standard InChI is InChI=1S/C28H35N7O/c1-4-26(27-31-32-33-35(27)23-10-6-5-7-11-23)34(17-21-9-8-12-29-16-21)18-22-15-24-20(3)13-19(2)14-25(24)30-28(22)36/h8-9,12-16,23,26H,4-7,10-11,17-18H2,1-3H3,(H,30,36)/t26-/m1/s1. The average Bonchev–Trinajstić information content (AvgIpc) is 3.36. The topological polar surface area (TPSA) is 92.6 Å². The molecular weight excluding hydrogens is 450 g/mol. The van der Waals surface area contributed by atoms with Crippen LogP contribution in [0.25, 0.3) is 10.9 Å². The average molecular weight is 486 g/mol. The minimum absolute atomic E-state index is 0.0312. The molecule has 1 fully saturated rings. The van der Waals surface area contributed by atoms with E-state index in [9.17, 15) is 4.79 Å². The van der Waals surface area contributed by atoms with E-state index in [1.165, 1.54) is 19.3 Å². The van der Waals surface area contributed by atoms with Crippen molar-refractivity contribution in [3.63, 3.8) is 0 Å². The van der Waals surface area contributed by atoms with Crippen molar-refractivity contribution >= 4 is 10.9 Å². The van der Waals surface area contributed by atoms with Gasteiger partial charge in [0, 0.05) is 41.9 Å². The Labute approximate surface area is 211 Å². The lowest BCUT2D eigenvalue weighted by atomic mass is 9.95. The summed E-state index contributed by atoms with van der Waals surface area (Å²) in [6, 6.07) is 10.6. The van der Waals surface area contributed by atoms with Gasteiger partial charge in [-0.3, -0.25) is 14.7 Å². The molecule has 5 rings (SSSR count). The van der Waals surface area contributed by atoms with Crippen LogP contribution in [0.3, 0.4) is 0 Å². The molecule has 8 heteroatoms. The Balaban J connectivity index is 1.54. The van der Waals surface area contributed by atoms with Gasteiger partial charge < -0.3 is 4.98 Å². The predicted molar refractivity (Wildman–Crippen MR) is 140 cm³/mol. The fraction of sp³-hybridized carbons (Fsp3) is 0.464. The Bertz CT molecular complexity index is 1370. The predicted octanol–water partition coefficient (Wildman–Crippen LogP) is 5.19. The van der Waals surface area contributed by atoms with Crippen molar-refractivity contribution in [3.8, 4) is 0 Å². The number of H-pyrrole nitrogens is 1. The Morgan fingerprint density at radius 1 is 1.14 bits per heavy atom. The molecule has 0 unspecified atom stereocenters. The number of fused-ring (bicyclic) bond motifs is 1. The third-order valence-electron chi connectivity index (χ3n) is 7.44. The largest absolute Gasteiger partial charge is 0.322 e. The quantitative estimate of drug-likeness (QED) is 0.369. The highest BCUT2D eigenvalue weighted by Crippen LogP contribution is 2.32. The van der Waals surface area contributed by atoms with Crippen molar-refractivity contribution in [1.29, 1.82) is 0 Å². The number of aromatic nitrogens is 6. The zero-order chi connectivity index (χ0) is 25.1. The maximum Gasteiger partial charge on any atom is 0.252 e. The number of nitrogens with zero attached hydrogens (tertiary/aromatic N) is 6. The summed E-state index contributed by atoms with van der Waals surface area (Å²) in [6.45, 7) is 7.45. The van der Waals surface area contributed by atoms with Gasteiger partial charge in [-0.05, 0) is 78.4 Å². The van der Waals surface area contributed by atoms with Gasteiger partial charge in [0.15, 0.2) is 5.82 Å². The molecule has 4 aromatic rings. The molecule has 1 atom stereocenters. The zero-order valence-corrected chi connectivity index (χ0v) is 21.4. The van der Waals surface area contributed by atoms with Gasteiger partial charge in [0.05, 0.1) is 12.1 Å². The van der Waals surface area contributed by atoms with Crippen LogP contribution in [0.2, 0.25) is 0 Å². The van der Waals surface area contributed by atoms with Crippen LogP contribution in [0.15, 0.2) is 47.5 Å². The first kappa shape index (κ1) is 24.3. The highest BCUT2D eigenvalue weighted by molar-refractivity contribution is 5.83. The van der Waals surface area contributed by atoms with E-state index in [4.69, 9.17) is 0 Å². The monoisotopic (exact) mass is 485 g/mol. The number of benzene rings is 1. The van der Waals surface area contributed by atoms with E-state index < -0.39 is 0 Å². The Hall–Kier alpha value is -3.39. The third-order valence-corrected chi connectivity index (χ3v) is 7.44. The summed E-state index contributed by atoms with van der Waals surface area (Å²) in [5.41, 5.74) is 4.97. The maximum atomic E-state index is 13.2. The molecule has 0 saturated heterocycles. The number of aryl methyl sites for hydroxylation is 2. The second-order valence-electron chi connectivity index (χ2n) is 10.1. The molecule has 1 N–H and O–H groups in total. The number of tetrazole rings is 1. The molecule has 8 nitrogen and oxygen atoms in total. The smallest absolute Gasteiger partial charge is 0.252 e. The molecule has 1 saturated carbocycles. The number of hydrogen-bond donors (Lipinski definition) is 1.